The van der Waals surface area contributed by atoms with Crippen LogP contribution in [0.4, 0.5) is 13.2 Å². The van der Waals surface area contributed by atoms with Gasteiger partial charge in [-0.3, -0.25) is 0 Å². The van der Waals surface area contributed by atoms with Crippen LogP contribution in [0.1, 0.15) is 113 Å². The lowest BCUT2D eigenvalue weighted by Gasteiger charge is -2.41. The summed E-state index contributed by atoms with van der Waals surface area (Å²) in [6, 6.07) is 2.41. The molecule has 0 unspecified atom stereocenters. The molecule has 3 saturated carbocycles. The Balaban J connectivity index is 1.26. The van der Waals surface area contributed by atoms with Crippen LogP contribution in [0.15, 0.2) is 12.1 Å². The lowest BCUT2D eigenvalue weighted by atomic mass is 9.65. The molecule has 0 atom stereocenters. The Morgan fingerprint density at radius 2 is 1.34 bits per heavy atom. The summed E-state index contributed by atoms with van der Waals surface area (Å²) in [5.74, 6) is 1.86. The third-order valence-corrected chi connectivity index (χ3v) is 9.09. The van der Waals surface area contributed by atoms with Crippen molar-refractivity contribution in [2.45, 2.75) is 103 Å². The zero-order valence-corrected chi connectivity index (χ0v) is 21.2. The summed E-state index contributed by atoms with van der Waals surface area (Å²) in [5.41, 5.74) is -1.34. The van der Waals surface area contributed by atoms with Crippen molar-refractivity contribution in [1.29, 1.82) is 0 Å². The first-order chi connectivity index (χ1) is 16.9. The second-order valence-corrected chi connectivity index (χ2v) is 11.2. The maximum absolute atomic E-state index is 14.5. The number of esters is 1. The standard InChI is InChI=1S/C29H41F3O3/c1-3-34-25-17-16-24(26(27(25)30)28(31)32)29(33)35-23-14-12-22(13-15-23)21-10-8-20(9-11-21)19-6-4-18(2)5-7-19/h16-23,28H,3-15H2,1-2H3. The Hall–Kier alpha value is -1.72. The number of ether oxygens (including phenoxy) is 2. The number of carbonyl (C=O) groups is 1. The van der Waals surface area contributed by atoms with Gasteiger partial charge in [0.2, 0.25) is 0 Å². The van der Waals surface area contributed by atoms with Crippen molar-refractivity contribution in [3.8, 4) is 5.75 Å². The molecule has 6 heteroatoms. The molecule has 0 N–H and O–H groups in total. The average molecular weight is 495 g/mol. The van der Waals surface area contributed by atoms with E-state index in [0.717, 1.165) is 49.4 Å². The number of halogens is 3. The van der Waals surface area contributed by atoms with E-state index in [1.807, 2.05) is 0 Å². The second kappa shape index (κ2) is 12.0. The molecule has 1 aromatic carbocycles. The third kappa shape index (κ3) is 6.35. The Morgan fingerprint density at radius 1 is 0.857 bits per heavy atom. The molecular weight excluding hydrogens is 453 g/mol. The monoisotopic (exact) mass is 494 g/mol. The number of carbonyl (C=O) groups excluding carboxylic acids is 1. The van der Waals surface area contributed by atoms with Gasteiger partial charge in [-0.25, -0.2) is 18.0 Å². The highest BCUT2D eigenvalue weighted by atomic mass is 19.3. The van der Waals surface area contributed by atoms with Gasteiger partial charge in [0, 0.05) is 0 Å². The molecule has 0 aromatic heterocycles. The van der Waals surface area contributed by atoms with Crippen LogP contribution in [0, 0.1) is 35.4 Å². The summed E-state index contributed by atoms with van der Waals surface area (Å²) < 4.78 is 52.3. The highest BCUT2D eigenvalue weighted by molar-refractivity contribution is 5.91. The van der Waals surface area contributed by atoms with Crippen LogP contribution in [0.25, 0.3) is 0 Å². The second-order valence-electron chi connectivity index (χ2n) is 11.2. The Labute approximate surface area is 208 Å². The van der Waals surface area contributed by atoms with Gasteiger partial charge in [0.25, 0.3) is 6.43 Å². The highest BCUT2D eigenvalue weighted by Crippen LogP contribution is 2.45. The van der Waals surface area contributed by atoms with Gasteiger partial charge in [0.05, 0.1) is 17.7 Å². The molecule has 0 aliphatic heterocycles. The minimum Gasteiger partial charge on any atom is -0.491 e. The molecule has 0 bridgehead atoms. The van der Waals surface area contributed by atoms with Gasteiger partial charge in [-0.2, -0.15) is 0 Å². The lowest BCUT2D eigenvalue weighted by molar-refractivity contribution is 0.00923. The zero-order chi connectivity index (χ0) is 24.9. The van der Waals surface area contributed by atoms with E-state index in [2.05, 4.69) is 6.92 Å². The summed E-state index contributed by atoms with van der Waals surface area (Å²) in [5, 5.41) is 0. The maximum atomic E-state index is 14.5. The minimum absolute atomic E-state index is 0.147. The van der Waals surface area contributed by atoms with Crippen molar-refractivity contribution in [1.82, 2.24) is 0 Å². The van der Waals surface area contributed by atoms with Crippen LogP contribution in [0.2, 0.25) is 0 Å². The first kappa shape index (κ1) is 26.3. The molecule has 0 amide bonds. The molecule has 3 aliphatic rings. The van der Waals surface area contributed by atoms with Crippen LogP contribution in [-0.4, -0.2) is 18.7 Å². The van der Waals surface area contributed by atoms with Gasteiger partial charge < -0.3 is 9.47 Å². The average Bonchev–Trinajstić information content (AvgIpc) is 2.86. The Bertz CT molecular complexity index is 834. The molecule has 3 aliphatic carbocycles. The smallest absolute Gasteiger partial charge is 0.339 e. The third-order valence-electron chi connectivity index (χ3n) is 9.09. The SMILES string of the molecule is CCOc1ccc(C(=O)OC2CCC(C3CCC(C4CCC(C)CC4)CC3)CC2)c(C(F)F)c1F. The molecule has 3 fully saturated rings. The molecule has 0 saturated heterocycles. The van der Waals surface area contributed by atoms with Crippen molar-refractivity contribution in [3.63, 3.8) is 0 Å². The van der Waals surface area contributed by atoms with Gasteiger partial charge in [0.1, 0.15) is 6.10 Å². The van der Waals surface area contributed by atoms with E-state index < -0.39 is 29.3 Å². The lowest BCUT2D eigenvalue weighted by Crippen LogP contribution is -2.31. The molecule has 3 nitrogen and oxygen atoms in total. The van der Waals surface area contributed by atoms with Crippen LogP contribution >= 0.6 is 0 Å². The predicted octanol–water partition coefficient (Wildman–Crippen LogP) is 8.51. The normalized spacial score (nSPS) is 31.8. The molecule has 196 valence electrons. The molecule has 0 heterocycles. The first-order valence-electron chi connectivity index (χ1n) is 13.8. The molecule has 1 aromatic rings. The van der Waals surface area contributed by atoms with Gasteiger partial charge in [-0.15, -0.1) is 0 Å². The molecule has 0 radical (unpaired) electrons. The van der Waals surface area contributed by atoms with Crippen molar-refractivity contribution < 1.29 is 27.4 Å². The summed E-state index contributed by atoms with van der Waals surface area (Å²) >= 11 is 0. The molecule has 0 spiro atoms. The number of rotatable bonds is 7. The Kier molecular flexibility index (Phi) is 9.04. The van der Waals surface area contributed by atoms with Crippen LogP contribution in [0.3, 0.4) is 0 Å². The summed E-state index contributed by atoms with van der Waals surface area (Å²) in [7, 11) is 0. The van der Waals surface area contributed by atoms with E-state index in [1.54, 1.807) is 6.92 Å². The fourth-order valence-electron chi connectivity index (χ4n) is 6.97. The van der Waals surface area contributed by atoms with Crippen molar-refractivity contribution >= 4 is 5.97 Å². The van der Waals surface area contributed by atoms with Gasteiger partial charge in [-0.05, 0) is 113 Å². The maximum Gasteiger partial charge on any atom is 0.339 e. The van der Waals surface area contributed by atoms with E-state index in [1.165, 1.54) is 63.5 Å². The number of hydrogen-bond acceptors (Lipinski definition) is 3. The van der Waals surface area contributed by atoms with E-state index in [0.29, 0.717) is 5.92 Å². The topological polar surface area (TPSA) is 35.5 Å². The van der Waals surface area contributed by atoms with Gasteiger partial charge >= 0.3 is 5.97 Å². The molecule has 4 rings (SSSR count). The van der Waals surface area contributed by atoms with E-state index in [-0.39, 0.29) is 18.5 Å². The number of alkyl halides is 2. The quantitative estimate of drug-likeness (QED) is 0.356. The fraction of sp³-hybridized carbons (Fsp3) is 0.759. The van der Waals surface area contributed by atoms with E-state index >= 15 is 0 Å². The van der Waals surface area contributed by atoms with Crippen LogP contribution in [0.5, 0.6) is 5.75 Å². The van der Waals surface area contributed by atoms with Gasteiger partial charge in [0.15, 0.2) is 11.6 Å². The fourth-order valence-corrected chi connectivity index (χ4v) is 6.97. The number of hydrogen-bond donors (Lipinski definition) is 0. The van der Waals surface area contributed by atoms with Crippen molar-refractivity contribution in [2.24, 2.45) is 29.6 Å². The summed E-state index contributed by atoms with van der Waals surface area (Å²) in [4.78, 5) is 12.7. The predicted molar refractivity (Wildman–Crippen MR) is 130 cm³/mol. The van der Waals surface area contributed by atoms with Crippen molar-refractivity contribution in [2.75, 3.05) is 6.61 Å². The van der Waals surface area contributed by atoms with Crippen LogP contribution in [-0.2, 0) is 4.74 Å². The highest BCUT2D eigenvalue weighted by Gasteiger charge is 2.35. The number of benzene rings is 1. The van der Waals surface area contributed by atoms with Gasteiger partial charge in [-0.1, -0.05) is 19.8 Å². The van der Waals surface area contributed by atoms with E-state index in [9.17, 15) is 18.0 Å². The molecular formula is C29H41F3O3. The Morgan fingerprint density at radius 3 is 1.83 bits per heavy atom. The summed E-state index contributed by atoms with van der Waals surface area (Å²) in [6.07, 6.45) is 11.1. The molecule has 35 heavy (non-hydrogen) atoms. The van der Waals surface area contributed by atoms with Crippen LogP contribution < -0.4 is 4.74 Å². The zero-order valence-electron chi connectivity index (χ0n) is 21.2. The van der Waals surface area contributed by atoms with E-state index in [4.69, 9.17) is 9.47 Å². The largest absolute Gasteiger partial charge is 0.491 e. The van der Waals surface area contributed by atoms with Crippen molar-refractivity contribution in [3.05, 3.63) is 29.1 Å². The first-order valence-corrected chi connectivity index (χ1v) is 13.8. The minimum atomic E-state index is -3.12. The summed E-state index contributed by atoms with van der Waals surface area (Å²) in [6.45, 7) is 4.17.